The quantitative estimate of drug-likeness (QED) is 0.715. The first-order chi connectivity index (χ1) is 7.67. The molecule has 0 aromatic rings. The van der Waals surface area contributed by atoms with Gasteiger partial charge in [0.25, 0.3) is 0 Å². The first-order valence-electron chi connectivity index (χ1n) is 6.30. The predicted octanol–water partition coefficient (Wildman–Crippen LogP) is 0.359. The maximum absolute atomic E-state index is 12.5. The number of amides is 1. The summed E-state index contributed by atoms with van der Waals surface area (Å²) in [6, 6.07) is 0.0613. The molecule has 0 aromatic carbocycles. The molecule has 0 aliphatic carbocycles. The molecule has 92 valence electrons. The minimum atomic E-state index is -0.254. The molecule has 4 heteroatoms. The number of nitrogens with zero attached hydrogens (tertiary/aromatic N) is 1. The van der Waals surface area contributed by atoms with Crippen LogP contribution in [-0.4, -0.2) is 48.2 Å². The predicted molar refractivity (Wildman–Crippen MR) is 62.0 cm³/mol. The van der Waals surface area contributed by atoms with Gasteiger partial charge in [-0.05, 0) is 39.2 Å². The summed E-state index contributed by atoms with van der Waals surface area (Å²) in [4.78, 5) is 14.4. The van der Waals surface area contributed by atoms with Gasteiger partial charge in [-0.15, -0.1) is 0 Å². The minimum absolute atomic E-state index is 0.0613. The molecule has 0 spiro atoms. The normalized spacial score (nSPS) is 35.4. The van der Waals surface area contributed by atoms with E-state index in [2.05, 4.69) is 5.32 Å². The van der Waals surface area contributed by atoms with Gasteiger partial charge in [0.2, 0.25) is 5.91 Å². The van der Waals surface area contributed by atoms with Crippen LogP contribution in [-0.2, 0) is 4.79 Å². The lowest BCUT2D eigenvalue weighted by Gasteiger charge is -2.37. The van der Waals surface area contributed by atoms with Gasteiger partial charge in [0.05, 0.1) is 18.1 Å². The number of hydrogen-bond acceptors (Lipinski definition) is 3. The molecule has 0 aromatic heterocycles. The molecule has 2 N–H and O–H groups in total. The SMILES string of the molecule is CC1(C(=O)N2CCC[C@@H]2CO)CCCNC1. The Morgan fingerprint density at radius 2 is 2.38 bits per heavy atom. The van der Waals surface area contributed by atoms with Crippen LogP contribution in [0.2, 0.25) is 0 Å². The topological polar surface area (TPSA) is 52.6 Å². The monoisotopic (exact) mass is 226 g/mol. The number of likely N-dealkylation sites (tertiary alicyclic amines) is 1. The Labute approximate surface area is 97.0 Å². The zero-order valence-electron chi connectivity index (χ0n) is 10.0. The van der Waals surface area contributed by atoms with Crippen LogP contribution in [0.3, 0.4) is 0 Å². The van der Waals surface area contributed by atoms with Crippen molar-refractivity contribution in [1.29, 1.82) is 0 Å². The van der Waals surface area contributed by atoms with Gasteiger partial charge < -0.3 is 15.3 Å². The molecule has 2 aliphatic heterocycles. The lowest BCUT2D eigenvalue weighted by molar-refractivity contribution is -0.143. The van der Waals surface area contributed by atoms with Crippen LogP contribution >= 0.6 is 0 Å². The Bertz CT molecular complexity index is 262. The van der Waals surface area contributed by atoms with Crippen molar-refractivity contribution in [2.45, 2.75) is 38.6 Å². The molecule has 2 heterocycles. The van der Waals surface area contributed by atoms with Gasteiger partial charge in [-0.2, -0.15) is 0 Å². The van der Waals surface area contributed by atoms with Crippen molar-refractivity contribution < 1.29 is 9.90 Å². The zero-order valence-corrected chi connectivity index (χ0v) is 10.0. The lowest BCUT2D eigenvalue weighted by Crippen LogP contribution is -2.52. The Hall–Kier alpha value is -0.610. The second-order valence-corrected chi connectivity index (χ2v) is 5.32. The molecule has 1 unspecified atom stereocenters. The Morgan fingerprint density at radius 3 is 3.00 bits per heavy atom. The fraction of sp³-hybridized carbons (Fsp3) is 0.917. The summed E-state index contributed by atoms with van der Waals surface area (Å²) in [6.45, 7) is 4.77. The second-order valence-electron chi connectivity index (χ2n) is 5.32. The molecule has 16 heavy (non-hydrogen) atoms. The highest BCUT2D eigenvalue weighted by molar-refractivity contribution is 5.83. The maximum Gasteiger partial charge on any atom is 0.230 e. The average Bonchev–Trinajstić information content (AvgIpc) is 2.77. The van der Waals surface area contributed by atoms with Crippen LogP contribution < -0.4 is 5.32 Å². The van der Waals surface area contributed by atoms with E-state index in [1.54, 1.807) is 0 Å². The van der Waals surface area contributed by atoms with Gasteiger partial charge in [-0.1, -0.05) is 0 Å². The summed E-state index contributed by atoms with van der Waals surface area (Å²) in [6.07, 6.45) is 4.01. The van der Waals surface area contributed by atoms with Crippen LogP contribution in [0.4, 0.5) is 0 Å². The smallest absolute Gasteiger partial charge is 0.230 e. The first kappa shape index (κ1) is 11.9. The van der Waals surface area contributed by atoms with Crippen LogP contribution in [0.15, 0.2) is 0 Å². The van der Waals surface area contributed by atoms with Crippen molar-refractivity contribution in [3.8, 4) is 0 Å². The Balaban J connectivity index is 2.05. The third kappa shape index (κ3) is 2.09. The molecule has 2 fully saturated rings. The summed E-state index contributed by atoms with van der Waals surface area (Å²) < 4.78 is 0. The van der Waals surface area contributed by atoms with E-state index >= 15 is 0 Å². The van der Waals surface area contributed by atoms with Crippen LogP contribution in [0.25, 0.3) is 0 Å². The fourth-order valence-electron chi connectivity index (χ4n) is 2.88. The molecular formula is C12H22N2O2. The van der Waals surface area contributed by atoms with Gasteiger partial charge in [-0.25, -0.2) is 0 Å². The second kappa shape index (κ2) is 4.72. The highest BCUT2D eigenvalue weighted by Gasteiger charge is 2.41. The van der Waals surface area contributed by atoms with E-state index in [-0.39, 0.29) is 24.0 Å². The molecule has 0 radical (unpaired) electrons. The van der Waals surface area contributed by atoms with Crippen molar-refractivity contribution in [2.75, 3.05) is 26.2 Å². The molecule has 2 rings (SSSR count). The molecule has 2 aliphatic rings. The van der Waals surface area contributed by atoms with Gasteiger partial charge in [0.15, 0.2) is 0 Å². The first-order valence-corrected chi connectivity index (χ1v) is 6.30. The summed E-state index contributed by atoms with van der Waals surface area (Å²) in [7, 11) is 0. The van der Waals surface area contributed by atoms with Crippen molar-refractivity contribution in [2.24, 2.45) is 5.41 Å². The molecular weight excluding hydrogens is 204 g/mol. The number of nitrogens with one attached hydrogen (secondary N) is 1. The van der Waals surface area contributed by atoms with E-state index in [0.717, 1.165) is 45.3 Å². The van der Waals surface area contributed by atoms with E-state index in [4.69, 9.17) is 0 Å². The highest BCUT2D eigenvalue weighted by Crippen LogP contribution is 2.31. The third-order valence-electron chi connectivity index (χ3n) is 3.96. The summed E-state index contributed by atoms with van der Waals surface area (Å²) in [5.41, 5.74) is -0.254. The van der Waals surface area contributed by atoms with E-state index in [1.807, 2.05) is 11.8 Å². The number of piperidine rings is 1. The number of aliphatic hydroxyl groups is 1. The average molecular weight is 226 g/mol. The van der Waals surface area contributed by atoms with E-state index in [1.165, 1.54) is 0 Å². The van der Waals surface area contributed by atoms with Crippen molar-refractivity contribution in [3.05, 3.63) is 0 Å². The zero-order chi connectivity index (χ0) is 11.6. The standard InChI is InChI=1S/C12H22N2O2/c1-12(5-3-6-13-9-12)11(16)14-7-2-4-10(14)8-15/h10,13,15H,2-9H2,1H3/t10-,12?/m1/s1. The minimum Gasteiger partial charge on any atom is -0.394 e. The highest BCUT2D eigenvalue weighted by atomic mass is 16.3. The molecule has 0 bridgehead atoms. The van der Waals surface area contributed by atoms with Gasteiger partial charge >= 0.3 is 0 Å². The number of carbonyl (C=O) groups is 1. The molecule has 0 saturated carbocycles. The van der Waals surface area contributed by atoms with Crippen LogP contribution in [0.1, 0.15) is 32.6 Å². The van der Waals surface area contributed by atoms with E-state index in [9.17, 15) is 9.90 Å². The number of hydrogen-bond donors (Lipinski definition) is 2. The van der Waals surface area contributed by atoms with Crippen LogP contribution in [0, 0.1) is 5.41 Å². The Kier molecular flexibility index (Phi) is 3.50. The van der Waals surface area contributed by atoms with Gasteiger partial charge in [0, 0.05) is 13.1 Å². The summed E-state index contributed by atoms with van der Waals surface area (Å²) in [5, 5.41) is 12.6. The molecule has 2 saturated heterocycles. The Morgan fingerprint density at radius 1 is 1.56 bits per heavy atom. The van der Waals surface area contributed by atoms with Gasteiger partial charge in [-0.3, -0.25) is 4.79 Å². The molecule has 1 amide bonds. The van der Waals surface area contributed by atoms with Crippen molar-refractivity contribution >= 4 is 5.91 Å². The molecule has 2 atom stereocenters. The lowest BCUT2D eigenvalue weighted by atomic mass is 9.81. The van der Waals surface area contributed by atoms with Crippen molar-refractivity contribution in [3.63, 3.8) is 0 Å². The maximum atomic E-state index is 12.5. The van der Waals surface area contributed by atoms with E-state index in [0.29, 0.717) is 0 Å². The summed E-state index contributed by atoms with van der Waals surface area (Å²) >= 11 is 0. The van der Waals surface area contributed by atoms with E-state index < -0.39 is 0 Å². The van der Waals surface area contributed by atoms with Gasteiger partial charge in [0.1, 0.15) is 0 Å². The van der Waals surface area contributed by atoms with Crippen LogP contribution in [0.5, 0.6) is 0 Å². The largest absolute Gasteiger partial charge is 0.394 e. The third-order valence-corrected chi connectivity index (χ3v) is 3.96. The number of carbonyl (C=O) groups excluding carboxylic acids is 1. The molecule has 4 nitrogen and oxygen atoms in total. The number of rotatable bonds is 2. The van der Waals surface area contributed by atoms with Crippen molar-refractivity contribution in [1.82, 2.24) is 10.2 Å². The fourth-order valence-corrected chi connectivity index (χ4v) is 2.88. The summed E-state index contributed by atoms with van der Waals surface area (Å²) in [5.74, 6) is 0.233. The number of aliphatic hydroxyl groups excluding tert-OH is 1.